The summed E-state index contributed by atoms with van der Waals surface area (Å²) in [4.78, 5) is 22.0. The quantitative estimate of drug-likeness (QED) is 0.790. The van der Waals surface area contributed by atoms with Crippen molar-refractivity contribution < 1.29 is 23.8 Å². The molecule has 9 heteroatoms. The number of β-amino-alcohol motifs (C(OH)–C–C–N with tert-alkyl or cyclic N) is 1. The van der Waals surface area contributed by atoms with Crippen LogP contribution >= 0.6 is 0 Å². The van der Waals surface area contributed by atoms with Gasteiger partial charge in [-0.3, -0.25) is 4.79 Å². The topological polar surface area (TPSA) is 96.8 Å². The fourth-order valence-electron chi connectivity index (χ4n) is 3.46. The third-order valence-electron chi connectivity index (χ3n) is 4.76. The molecule has 1 saturated heterocycles. The largest absolute Gasteiger partial charge is 0.454 e. The Morgan fingerprint density at radius 1 is 1.25 bits per heavy atom. The number of amides is 1. The Morgan fingerprint density at radius 2 is 2.04 bits per heavy atom. The van der Waals surface area contributed by atoms with Gasteiger partial charge in [-0.2, -0.15) is 0 Å². The van der Waals surface area contributed by atoms with Gasteiger partial charge >= 0.3 is 0 Å². The highest BCUT2D eigenvalue weighted by Gasteiger charge is 2.28. The van der Waals surface area contributed by atoms with Crippen molar-refractivity contribution in [1.29, 1.82) is 0 Å². The lowest BCUT2D eigenvalue weighted by atomic mass is 10.0. The Hall–Kier alpha value is -2.94. The summed E-state index contributed by atoms with van der Waals surface area (Å²) in [6.45, 7) is 1.02. The van der Waals surface area contributed by atoms with Gasteiger partial charge in [-0.25, -0.2) is 14.4 Å². The van der Waals surface area contributed by atoms with Gasteiger partial charge in [0.25, 0.3) is 0 Å². The van der Waals surface area contributed by atoms with Gasteiger partial charge < -0.3 is 24.8 Å². The van der Waals surface area contributed by atoms with Gasteiger partial charge in [-0.05, 0) is 30.5 Å². The first-order valence-corrected chi connectivity index (χ1v) is 9.15. The summed E-state index contributed by atoms with van der Waals surface area (Å²) in [5.41, 5.74) is 0.990. The van der Waals surface area contributed by atoms with Crippen LogP contribution in [-0.4, -0.2) is 53.0 Å². The van der Waals surface area contributed by atoms with Crippen LogP contribution in [0.3, 0.4) is 0 Å². The van der Waals surface area contributed by atoms with Crippen molar-refractivity contribution in [3.05, 3.63) is 42.0 Å². The number of nitrogens with zero attached hydrogens (tertiary/aromatic N) is 3. The van der Waals surface area contributed by atoms with Crippen LogP contribution in [-0.2, 0) is 11.2 Å². The highest BCUT2D eigenvalue weighted by Crippen LogP contribution is 2.32. The molecule has 28 heavy (non-hydrogen) atoms. The summed E-state index contributed by atoms with van der Waals surface area (Å²) < 4.78 is 23.6. The van der Waals surface area contributed by atoms with Crippen molar-refractivity contribution >= 4 is 11.9 Å². The minimum atomic E-state index is -0.624. The van der Waals surface area contributed by atoms with Gasteiger partial charge in [0.1, 0.15) is 0 Å². The number of ether oxygens (including phenoxy) is 2. The number of hydrogen-bond acceptors (Lipinski definition) is 7. The number of benzene rings is 1. The first-order chi connectivity index (χ1) is 13.6. The third-order valence-corrected chi connectivity index (χ3v) is 4.76. The van der Waals surface area contributed by atoms with Crippen LogP contribution < -0.4 is 19.7 Å². The number of piperidine rings is 1. The number of nitrogens with one attached hydrogen (secondary N) is 1. The summed E-state index contributed by atoms with van der Waals surface area (Å²) >= 11 is 0. The summed E-state index contributed by atoms with van der Waals surface area (Å²) in [7, 11) is 0. The lowest BCUT2D eigenvalue weighted by Gasteiger charge is -2.36. The van der Waals surface area contributed by atoms with Gasteiger partial charge in [0.05, 0.1) is 18.5 Å². The van der Waals surface area contributed by atoms with Gasteiger partial charge in [-0.15, -0.1) is 0 Å². The lowest BCUT2D eigenvalue weighted by molar-refractivity contribution is -0.122. The van der Waals surface area contributed by atoms with E-state index in [2.05, 4.69) is 15.3 Å². The highest BCUT2D eigenvalue weighted by molar-refractivity contribution is 5.76. The van der Waals surface area contributed by atoms with Crippen molar-refractivity contribution in [1.82, 2.24) is 15.3 Å². The zero-order valence-electron chi connectivity index (χ0n) is 15.2. The maximum atomic E-state index is 13.0. The Labute approximate surface area is 161 Å². The molecule has 1 fully saturated rings. The number of aromatic nitrogens is 2. The molecule has 0 spiro atoms. The maximum absolute atomic E-state index is 13.0. The average molecular weight is 388 g/mol. The van der Waals surface area contributed by atoms with E-state index in [-0.39, 0.29) is 18.7 Å². The Bertz CT molecular complexity index is 848. The summed E-state index contributed by atoms with van der Waals surface area (Å²) in [5, 5.41) is 13.1. The maximum Gasteiger partial charge on any atom is 0.231 e. The molecule has 0 aliphatic carbocycles. The highest BCUT2D eigenvalue weighted by atomic mass is 19.1. The van der Waals surface area contributed by atoms with Crippen molar-refractivity contribution in [2.75, 3.05) is 24.8 Å². The number of aliphatic hydroxyl groups excluding tert-OH is 1. The summed E-state index contributed by atoms with van der Waals surface area (Å²) in [6.07, 6.45) is 2.89. The van der Waals surface area contributed by atoms with E-state index < -0.39 is 11.9 Å². The molecule has 2 aliphatic rings. The second-order valence-electron chi connectivity index (χ2n) is 6.95. The van der Waals surface area contributed by atoms with E-state index in [0.29, 0.717) is 49.8 Å². The van der Waals surface area contributed by atoms with E-state index in [1.165, 1.54) is 0 Å². The molecule has 2 aliphatic heterocycles. The van der Waals surface area contributed by atoms with Crippen LogP contribution in [0.5, 0.6) is 11.5 Å². The van der Waals surface area contributed by atoms with Gasteiger partial charge in [-0.1, -0.05) is 6.07 Å². The molecule has 2 aromatic rings. The number of carbonyl (C=O) groups excluding carboxylic acids is 1. The van der Waals surface area contributed by atoms with Crippen LogP contribution in [0.4, 0.5) is 10.3 Å². The zero-order valence-corrected chi connectivity index (χ0v) is 15.2. The fourth-order valence-corrected chi connectivity index (χ4v) is 3.46. The van der Waals surface area contributed by atoms with E-state index in [0.717, 1.165) is 18.0 Å². The fraction of sp³-hybridized carbons (Fsp3) is 0.421. The van der Waals surface area contributed by atoms with E-state index in [9.17, 15) is 14.3 Å². The van der Waals surface area contributed by atoms with E-state index in [1.807, 2.05) is 18.2 Å². The van der Waals surface area contributed by atoms with Crippen LogP contribution in [0.1, 0.15) is 18.4 Å². The summed E-state index contributed by atoms with van der Waals surface area (Å²) in [6, 6.07) is 5.40. The van der Waals surface area contributed by atoms with Gasteiger partial charge in [0.15, 0.2) is 17.3 Å². The van der Waals surface area contributed by atoms with Crippen molar-refractivity contribution in [3.8, 4) is 11.5 Å². The van der Waals surface area contributed by atoms with Crippen LogP contribution in [0.15, 0.2) is 30.6 Å². The van der Waals surface area contributed by atoms with Crippen molar-refractivity contribution in [2.24, 2.45) is 0 Å². The van der Waals surface area contributed by atoms with Crippen LogP contribution in [0, 0.1) is 5.82 Å². The Kier molecular flexibility index (Phi) is 5.25. The number of carbonyl (C=O) groups is 1. The molecule has 4 rings (SSSR count). The average Bonchev–Trinajstić information content (AvgIpc) is 3.14. The number of halogens is 1. The molecule has 148 valence electrons. The number of aliphatic hydroxyl groups is 1. The van der Waals surface area contributed by atoms with E-state index >= 15 is 0 Å². The molecular weight excluding hydrogens is 367 g/mol. The molecule has 8 nitrogen and oxygen atoms in total. The van der Waals surface area contributed by atoms with Crippen molar-refractivity contribution in [3.63, 3.8) is 0 Å². The lowest BCUT2D eigenvalue weighted by Crippen LogP contribution is -2.53. The predicted octanol–water partition coefficient (Wildman–Crippen LogP) is 1.03. The molecule has 0 bridgehead atoms. The smallest absolute Gasteiger partial charge is 0.231 e. The predicted molar refractivity (Wildman–Crippen MR) is 97.6 cm³/mol. The third kappa shape index (κ3) is 4.30. The molecule has 2 N–H and O–H groups in total. The van der Waals surface area contributed by atoms with Crippen LogP contribution in [0.25, 0.3) is 0 Å². The Morgan fingerprint density at radius 3 is 2.86 bits per heavy atom. The molecule has 1 aromatic heterocycles. The Balaban J connectivity index is 1.31. The molecule has 2 atom stereocenters. The van der Waals surface area contributed by atoms with Gasteiger partial charge in [0, 0.05) is 25.6 Å². The molecule has 1 amide bonds. The molecule has 0 saturated carbocycles. The van der Waals surface area contributed by atoms with Crippen LogP contribution in [0.2, 0.25) is 0 Å². The SMILES string of the molecule is O=C(CCc1ccc2c(c1)OCO2)N[C@H]1C[C@@H](O)CN(c2ncc(F)cn2)C1. The second kappa shape index (κ2) is 7.97. The monoisotopic (exact) mass is 388 g/mol. The van der Waals surface area contributed by atoms with E-state index in [4.69, 9.17) is 9.47 Å². The summed E-state index contributed by atoms with van der Waals surface area (Å²) in [5.74, 6) is 1.13. The first-order valence-electron chi connectivity index (χ1n) is 9.15. The minimum absolute atomic E-state index is 0.100. The molecular formula is C19H21FN4O4. The minimum Gasteiger partial charge on any atom is -0.454 e. The number of anilines is 1. The molecule has 1 aromatic carbocycles. The second-order valence-corrected chi connectivity index (χ2v) is 6.95. The number of hydrogen-bond donors (Lipinski definition) is 2. The van der Waals surface area contributed by atoms with Gasteiger partial charge in [0.2, 0.25) is 18.6 Å². The van der Waals surface area contributed by atoms with E-state index in [1.54, 1.807) is 4.90 Å². The standard InChI is InChI=1S/C19H21FN4O4/c20-13-7-21-19(22-8-13)24-9-14(6-15(25)10-24)23-18(26)4-2-12-1-3-16-17(5-12)28-11-27-16/h1,3,5,7-8,14-15,25H,2,4,6,9-11H2,(H,23,26)/t14-,15+/m0/s1. The number of aryl methyl sites for hydroxylation is 1. The number of rotatable bonds is 5. The molecule has 0 unspecified atom stereocenters. The molecule has 0 radical (unpaired) electrons. The first kappa shape index (κ1) is 18.4. The number of fused-ring (bicyclic) bond motifs is 1. The molecule has 3 heterocycles. The zero-order chi connectivity index (χ0) is 19.5. The van der Waals surface area contributed by atoms with Crippen molar-refractivity contribution in [2.45, 2.75) is 31.4 Å². The normalized spacial score (nSPS) is 20.9.